The summed E-state index contributed by atoms with van der Waals surface area (Å²) in [7, 11) is 0. The third-order valence-corrected chi connectivity index (χ3v) is 4.54. The van der Waals surface area contributed by atoms with Crippen molar-refractivity contribution in [2.45, 2.75) is 0 Å². The first-order valence-corrected chi connectivity index (χ1v) is 8.50. The maximum absolute atomic E-state index is 2.35. The molecule has 0 bridgehead atoms. The SMILES string of the molecule is Ic1cccc(-c2ccc(-c3cccc(I)c3)cc2)c1. The van der Waals surface area contributed by atoms with Crippen LogP contribution in [0.25, 0.3) is 22.3 Å². The second kappa shape index (κ2) is 6.26. The average molecular weight is 482 g/mol. The monoisotopic (exact) mass is 482 g/mol. The van der Waals surface area contributed by atoms with Crippen LogP contribution in [0.15, 0.2) is 72.8 Å². The van der Waals surface area contributed by atoms with E-state index in [0.717, 1.165) is 0 Å². The fraction of sp³-hybridized carbons (Fsp3) is 0. The van der Waals surface area contributed by atoms with Crippen molar-refractivity contribution in [1.82, 2.24) is 0 Å². The molecule has 0 nitrogen and oxygen atoms in total. The Bertz CT molecular complexity index is 666. The van der Waals surface area contributed by atoms with Crippen molar-refractivity contribution in [3.8, 4) is 22.3 Å². The van der Waals surface area contributed by atoms with Crippen LogP contribution in [0.1, 0.15) is 0 Å². The van der Waals surface area contributed by atoms with E-state index in [0.29, 0.717) is 0 Å². The lowest BCUT2D eigenvalue weighted by Crippen LogP contribution is -1.82. The molecule has 20 heavy (non-hydrogen) atoms. The Kier molecular flexibility index (Phi) is 4.41. The molecule has 0 saturated carbocycles. The number of benzene rings is 3. The van der Waals surface area contributed by atoms with Crippen molar-refractivity contribution in [3.05, 3.63) is 79.9 Å². The quantitative estimate of drug-likeness (QED) is 0.380. The highest BCUT2D eigenvalue weighted by atomic mass is 127. The summed E-state index contributed by atoms with van der Waals surface area (Å²) in [5.41, 5.74) is 5.06. The van der Waals surface area contributed by atoms with E-state index in [2.05, 4.69) is 118 Å². The van der Waals surface area contributed by atoms with Gasteiger partial charge < -0.3 is 0 Å². The fourth-order valence-electron chi connectivity index (χ4n) is 2.19. The molecule has 0 amide bonds. The maximum atomic E-state index is 2.35. The molecule has 0 aliphatic carbocycles. The lowest BCUT2D eigenvalue weighted by atomic mass is 10.0. The molecule has 3 aromatic carbocycles. The zero-order chi connectivity index (χ0) is 13.9. The van der Waals surface area contributed by atoms with Gasteiger partial charge in [0, 0.05) is 7.14 Å². The van der Waals surface area contributed by atoms with Gasteiger partial charge in [-0.2, -0.15) is 0 Å². The third-order valence-electron chi connectivity index (χ3n) is 3.20. The highest BCUT2D eigenvalue weighted by Gasteiger charge is 2.01. The minimum Gasteiger partial charge on any atom is -0.0606 e. The number of halogens is 2. The number of rotatable bonds is 2. The third kappa shape index (κ3) is 3.23. The van der Waals surface area contributed by atoms with Gasteiger partial charge in [-0.15, -0.1) is 0 Å². The minimum absolute atomic E-state index is 1.26. The molecule has 0 fully saturated rings. The molecule has 0 heterocycles. The summed E-state index contributed by atoms with van der Waals surface area (Å²) in [6.07, 6.45) is 0. The topological polar surface area (TPSA) is 0 Å². The van der Waals surface area contributed by atoms with Crippen LogP contribution in [-0.4, -0.2) is 0 Å². The second-order valence-electron chi connectivity index (χ2n) is 4.60. The number of hydrogen-bond donors (Lipinski definition) is 0. The van der Waals surface area contributed by atoms with E-state index in [-0.39, 0.29) is 0 Å². The van der Waals surface area contributed by atoms with Gasteiger partial charge in [-0.1, -0.05) is 48.5 Å². The van der Waals surface area contributed by atoms with E-state index in [4.69, 9.17) is 0 Å². The van der Waals surface area contributed by atoms with Crippen LogP contribution in [0.2, 0.25) is 0 Å². The molecule has 0 saturated heterocycles. The normalized spacial score (nSPS) is 10.5. The Hall–Kier alpha value is -0.880. The van der Waals surface area contributed by atoms with Crippen molar-refractivity contribution < 1.29 is 0 Å². The predicted octanol–water partition coefficient (Wildman–Crippen LogP) is 6.23. The van der Waals surface area contributed by atoms with Crippen LogP contribution >= 0.6 is 45.2 Å². The van der Waals surface area contributed by atoms with E-state index < -0.39 is 0 Å². The first kappa shape index (κ1) is 14.1. The lowest BCUT2D eigenvalue weighted by molar-refractivity contribution is 1.56. The lowest BCUT2D eigenvalue weighted by Gasteiger charge is -2.06. The highest BCUT2D eigenvalue weighted by Crippen LogP contribution is 2.26. The summed E-state index contributed by atoms with van der Waals surface area (Å²) < 4.78 is 2.53. The minimum atomic E-state index is 1.26. The number of hydrogen-bond acceptors (Lipinski definition) is 0. The molecule has 3 rings (SSSR count). The van der Waals surface area contributed by atoms with E-state index in [1.54, 1.807) is 0 Å². The first-order valence-electron chi connectivity index (χ1n) is 6.34. The Balaban J connectivity index is 1.96. The summed E-state index contributed by atoms with van der Waals surface area (Å²) in [4.78, 5) is 0. The fourth-order valence-corrected chi connectivity index (χ4v) is 3.28. The van der Waals surface area contributed by atoms with Crippen LogP contribution in [0.3, 0.4) is 0 Å². The van der Waals surface area contributed by atoms with Gasteiger partial charge in [-0.3, -0.25) is 0 Å². The van der Waals surface area contributed by atoms with E-state index in [1.807, 2.05) is 0 Å². The molecular weight excluding hydrogens is 470 g/mol. The van der Waals surface area contributed by atoms with Crippen LogP contribution < -0.4 is 0 Å². The van der Waals surface area contributed by atoms with E-state index >= 15 is 0 Å². The maximum Gasteiger partial charge on any atom is 0.0136 e. The smallest absolute Gasteiger partial charge is 0.0136 e. The Morgan fingerprint density at radius 3 is 1.20 bits per heavy atom. The van der Waals surface area contributed by atoms with Crippen LogP contribution in [0, 0.1) is 7.14 Å². The molecule has 98 valence electrons. The molecule has 0 N–H and O–H groups in total. The van der Waals surface area contributed by atoms with Crippen molar-refractivity contribution >= 4 is 45.2 Å². The second-order valence-corrected chi connectivity index (χ2v) is 7.09. The van der Waals surface area contributed by atoms with Crippen LogP contribution in [0.4, 0.5) is 0 Å². The van der Waals surface area contributed by atoms with E-state index in [1.165, 1.54) is 29.4 Å². The van der Waals surface area contributed by atoms with Gasteiger partial charge in [0.05, 0.1) is 0 Å². The van der Waals surface area contributed by atoms with Gasteiger partial charge in [0.1, 0.15) is 0 Å². The predicted molar refractivity (Wildman–Crippen MR) is 103 cm³/mol. The summed E-state index contributed by atoms with van der Waals surface area (Å²) >= 11 is 4.70. The van der Waals surface area contributed by atoms with Gasteiger partial charge in [0.2, 0.25) is 0 Å². The molecule has 0 radical (unpaired) electrons. The zero-order valence-corrected chi connectivity index (χ0v) is 15.0. The summed E-state index contributed by atoms with van der Waals surface area (Å²) in [5.74, 6) is 0. The molecule has 0 aromatic heterocycles. The molecule has 0 unspecified atom stereocenters. The Labute approximate surface area is 146 Å². The van der Waals surface area contributed by atoms with Gasteiger partial charge in [-0.25, -0.2) is 0 Å². The van der Waals surface area contributed by atoms with Gasteiger partial charge in [0.25, 0.3) is 0 Å². The summed E-state index contributed by atoms with van der Waals surface area (Å²) in [5, 5.41) is 0. The zero-order valence-electron chi connectivity index (χ0n) is 10.7. The summed E-state index contributed by atoms with van der Waals surface area (Å²) in [6, 6.07) is 25.9. The van der Waals surface area contributed by atoms with Gasteiger partial charge >= 0.3 is 0 Å². The molecule has 3 aromatic rings. The largest absolute Gasteiger partial charge is 0.0606 e. The van der Waals surface area contributed by atoms with Crippen molar-refractivity contribution in [3.63, 3.8) is 0 Å². The molecule has 0 spiro atoms. The molecular formula is C18H12I2. The van der Waals surface area contributed by atoms with Crippen molar-refractivity contribution in [2.24, 2.45) is 0 Å². The highest BCUT2D eigenvalue weighted by molar-refractivity contribution is 14.1. The standard InChI is InChI=1S/C18H12I2/c19-17-5-1-3-15(11-17)13-7-9-14(10-8-13)16-4-2-6-18(20)12-16/h1-12H. The van der Waals surface area contributed by atoms with Gasteiger partial charge in [-0.05, 0) is 91.7 Å². The van der Waals surface area contributed by atoms with Crippen molar-refractivity contribution in [2.75, 3.05) is 0 Å². The van der Waals surface area contributed by atoms with Crippen molar-refractivity contribution in [1.29, 1.82) is 0 Å². The van der Waals surface area contributed by atoms with Gasteiger partial charge in [0.15, 0.2) is 0 Å². The Morgan fingerprint density at radius 2 is 0.850 bits per heavy atom. The molecule has 0 aliphatic heterocycles. The molecule has 2 heteroatoms. The van der Waals surface area contributed by atoms with Crippen LogP contribution in [0.5, 0.6) is 0 Å². The first-order chi connectivity index (χ1) is 9.72. The van der Waals surface area contributed by atoms with E-state index in [9.17, 15) is 0 Å². The Morgan fingerprint density at radius 1 is 0.450 bits per heavy atom. The average Bonchev–Trinajstić information content (AvgIpc) is 2.47. The molecule has 0 atom stereocenters. The molecule has 0 aliphatic rings. The van der Waals surface area contributed by atoms with Crippen LogP contribution in [-0.2, 0) is 0 Å². The summed E-state index contributed by atoms with van der Waals surface area (Å²) in [6.45, 7) is 0.